The predicted molar refractivity (Wildman–Crippen MR) is 97.4 cm³/mol. The smallest absolute Gasteiger partial charge is 0.410 e. The van der Waals surface area contributed by atoms with Gasteiger partial charge in [0.05, 0.1) is 26.2 Å². The fourth-order valence-corrected chi connectivity index (χ4v) is 2.44. The average molecular weight is 410 g/mol. The Morgan fingerprint density at radius 1 is 0.750 bits per heavy atom. The molecule has 2 fully saturated rings. The number of β-amino-alcohol motifs (C(OH)–C–C–N with tert-alkyl or cyclic N) is 2. The van der Waals surface area contributed by atoms with E-state index in [1.54, 1.807) is 41.5 Å². The first-order chi connectivity index (χ1) is 12.6. The zero-order chi connectivity index (χ0) is 21.9. The summed E-state index contributed by atoms with van der Waals surface area (Å²) in [5.41, 5.74) is -1.17. The van der Waals surface area contributed by atoms with E-state index >= 15 is 0 Å². The number of nitrogens with zero attached hydrogens (tertiary/aromatic N) is 2. The number of ether oxygens (including phenoxy) is 2. The monoisotopic (exact) mass is 410 g/mol. The summed E-state index contributed by atoms with van der Waals surface area (Å²) in [5, 5.41) is 18.2. The number of amides is 2. The highest BCUT2D eigenvalue weighted by molar-refractivity contribution is 5.69. The van der Waals surface area contributed by atoms with E-state index in [0.717, 1.165) is 0 Å². The number of hydrogen-bond acceptors (Lipinski definition) is 6. The Balaban J connectivity index is 0.000000280. The van der Waals surface area contributed by atoms with Crippen LogP contribution in [-0.2, 0) is 9.47 Å². The van der Waals surface area contributed by atoms with Crippen molar-refractivity contribution in [1.29, 1.82) is 0 Å². The third kappa shape index (κ3) is 8.14. The highest BCUT2D eigenvalue weighted by Gasteiger charge is 2.37. The molecule has 8 nitrogen and oxygen atoms in total. The van der Waals surface area contributed by atoms with Crippen LogP contribution < -0.4 is 0 Å². The molecular weight excluding hydrogens is 378 g/mol. The topological polar surface area (TPSA) is 99.5 Å². The Morgan fingerprint density at radius 2 is 1.04 bits per heavy atom. The molecule has 0 aromatic rings. The fourth-order valence-electron chi connectivity index (χ4n) is 2.44. The molecular formula is C18H32F2N2O6. The van der Waals surface area contributed by atoms with Crippen LogP contribution in [0.5, 0.6) is 0 Å². The van der Waals surface area contributed by atoms with Crippen LogP contribution in [0.3, 0.4) is 0 Å². The second kappa shape index (κ2) is 9.21. The van der Waals surface area contributed by atoms with Gasteiger partial charge in [-0.15, -0.1) is 0 Å². The van der Waals surface area contributed by atoms with E-state index in [1.165, 1.54) is 9.80 Å². The van der Waals surface area contributed by atoms with Crippen molar-refractivity contribution in [1.82, 2.24) is 9.80 Å². The van der Waals surface area contributed by atoms with Gasteiger partial charge in [-0.1, -0.05) is 0 Å². The summed E-state index contributed by atoms with van der Waals surface area (Å²) in [4.78, 5) is 25.1. The molecule has 2 heterocycles. The maximum absolute atomic E-state index is 12.9. The first kappa shape index (κ1) is 24.4. The van der Waals surface area contributed by atoms with E-state index < -0.39 is 47.9 Å². The standard InChI is InChI=1S/2C9H16FNO3/c2*1-9(2,3)14-8(13)11-4-6(10)7(12)5-11/h2*6-7,12H,4-5H2,1-3H3. The van der Waals surface area contributed by atoms with E-state index in [0.29, 0.717) is 0 Å². The van der Waals surface area contributed by atoms with Crippen LogP contribution in [0.4, 0.5) is 18.4 Å². The van der Waals surface area contributed by atoms with Crippen LogP contribution in [0.25, 0.3) is 0 Å². The lowest BCUT2D eigenvalue weighted by molar-refractivity contribution is 0.0260. The number of aliphatic hydroxyl groups excluding tert-OH is 2. The van der Waals surface area contributed by atoms with Gasteiger partial charge in [-0.25, -0.2) is 18.4 Å². The highest BCUT2D eigenvalue weighted by Crippen LogP contribution is 2.18. The molecule has 2 saturated heterocycles. The molecule has 4 unspecified atom stereocenters. The normalized spacial score (nSPS) is 27.9. The number of halogens is 2. The predicted octanol–water partition coefficient (Wildman–Crippen LogP) is 1.87. The number of carbonyl (C=O) groups is 2. The van der Waals surface area contributed by atoms with Gasteiger partial charge >= 0.3 is 12.2 Å². The number of alkyl halides is 2. The number of rotatable bonds is 0. The highest BCUT2D eigenvalue weighted by atomic mass is 19.1. The lowest BCUT2D eigenvalue weighted by Crippen LogP contribution is -2.35. The summed E-state index contributed by atoms with van der Waals surface area (Å²) in [7, 11) is 0. The van der Waals surface area contributed by atoms with Crippen LogP contribution in [0, 0.1) is 0 Å². The molecule has 0 saturated carbocycles. The van der Waals surface area contributed by atoms with Crippen molar-refractivity contribution in [3.63, 3.8) is 0 Å². The average Bonchev–Trinajstić information content (AvgIpc) is 3.00. The van der Waals surface area contributed by atoms with Gasteiger partial charge in [-0.3, -0.25) is 0 Å². The zero-order valence-electron chi connectivity index (χ0n) is 17.3. The summed E-state index contributed by atoms with van der Waals surface area (Å²) in [6.45, 7) is 10.3. The van der Waals surface area contributed by atoms with Crippen LogP contribution in [0.15, 0.2) is 0 Å². The van der Waals surface area contributed by atoms with Gasteiger partial charge < -0.3 is 29.5 Å². The Bertz CT molecular complexity index is 481. The number of likely N-dealkylation sites (tertiary alicyclic amines) is 2. The minimum Gasteiger partial charge on any atom is -0.444 e. The van der Waals surface area contributed by atoms with Crippen molar-refractivity contribution in [3.8, 4) is 0 Å². The molecule has 0 aromatic carbocycles. The van der Waals surface area contributed by atoms with Gasteiger partial charge in [0.1, 0.15) is 35.8 Å². The molecule has 2 rings (SSSR count). The minimum atomic E-state index is -1.36. The molecule has 28 heavy (non-hydrogen) atoms. The lowest BCUT2D eigenvalue weighted by atomic mass is 10.2. The summed E-state index contributed by atoms with van der Waals surface area (Å²) in [5.74, 6) is 0. The van der Waals surface area contributed by atoms with Gasteiger partial charge in [-0.05, 0) is 41.5 Å². The van der Waals surface area contributed by atoms with Crippen molar-refractivity contribution in [2.45, 2.75) is 77.3 Å². The van der Waals surface area contributed by atoms with Crippen molar-refractivity contribution in [2.75, 3.05) is 26.2 Å². The van der Waals surface area contributed by atoms with Crippen molar-refractivity contribution < 1.29 is 38.1 Å². The fraction of sp³-hybridized carbons (Fsp3) is 0.889. The second-order valence-electron chi connectivity index (χ2n) is 8.94. The molecule has 4 atom stereocenters. The molecule has 2 N–H and O–H groups in total. The Morgan fingerprint density at radius 3 is 1.21 bits per heavy atom. The Labute approximate surface area is 164 Å². The van der Waals surface area contributed by atoms with Crippen LogP contribution in [-0.4, -0.2) is 94.1 Å². The first-order valence-corrected chi connectivity index (χ1v) is 9.19. The maximum Gasteiger partial charge on any atom is 0.410 e. The molecule has 0 aromatic heterocycles. The van der Waals surface area contributed by atoms with Gasteiger partial charge in [0, 0.05) is 0 Å². The molecule has 2 aliphatic heterocycles. The van der Waals surface area contributed by atoms with E-state index in [1.807, 2.05) is 0 Å². The largest absolute Gasteiger partial charge is 0.444 e. The first-order valence-electron chi connectivity index (χ1n) is 9.19. The van der Waals surface area contributed by atoms with Crippen LogP contribution in [0.1, 0.15) is 41.5 Å². The minimum absolute atomic E-state index is 0.0100. The van der Waals surface area contributed by atoms with E-state index in [2.05, 4.69) is 0 Å². The summed E-state index contributed by atoms with van der Waals surface area (Å²) in [6.07, 6.45) is -6.02. The van der Waals surface area contributed by atoms with Crippen molar-refractivity contribution >= 4 is 12.2 Å². The van der Waals surface area contributed by atoms with E-state index in [4.69, 9.17) is 19.7 Å². The molecule has 2 aliphatic rings. The Hall–Kier alpha value is -1.68. The van der Waals surface area contributed by atoms with Crippen molar-refractivity contribution in [2.24, 2.45) is 0 Å². The van der Waals surface area contributed by atoms with E-state index in [9.17, 15) is 18.4 Å². The number of carbonyl (C=O) groups excluding carboxylic acids is 2. The second-order valence-corrected chi connectivity index (χ2v) is 8.94. The van der Waals surface area contributed by atoms with Gasteiger partial charge in [0.2, 0.25) is 0 Å². The number of aliphatic hydroxyl groups is 2. The van der Waals surface area contributed by atoms with Gasteiger partial charge in [0.25, 0.3) is 0 Å². The summed E-state index contributed by atoms with van der Waals surface area (Å²) < 4.78 is 35.8. The molecule has 0 radical (unpaired) electrons. The van der Waals surface area contributed by atoms with Crippen molar-refractivity contribution in [3.05, 3.63) is 0 Å². The van der Waals surface area contributed by atoms with E-state index in [-0.39, 0.29) is 26.2 Å². The van der Waals surface area contributed by atoms with Gasteiger partial charge in [-0.2, -0.15) is 0 Å². The third-order valence-corrected chi connectivity index (χ3v) is 3.74. The third-order valence-electron chi connectivity index (χ3n) is 3.74. The summed E-state index contributed by atoms with van der Waals surface area (Å²) in [6, 6.07) is 0. The van der Waals surface area contributed by atoms with Crippen LogP contribution >= 0.6 is 0 Å². The summed E-state index contributed by atoms with van der Waals surface area (Å²) >= 11 is 0. The molecule has 0 aliphatic carbocycles. The Kier molecular flexibility index (Phi) is 8.01. The quantitative estimate of drug-likeness (QED) is 0.633. The molecule has 10 heteroatoms. The number of hydrogen-bond donors (Lipinski definition) is 2. The van der Waals surface area contributed by atoms with Gasteiger partial charge in [0.15, 0.2) is 0 Å². The zero-order valence-corrected chi connectivity index (χ0v) is 17.3. The lowest BCUT2D eigenvalue weighted by Gasteiger charge is -2.23. The molecule has 0 spiro atoms. The molecule has 0 bridgehead atoms. The van der Waals surface area contributed by atoms with Crippen LogP contribution in [0.2, 0.25) is 0 Å². The molecule has 164 valence electrons. The molecule has 2 amide bonds. The SMILES string of the molecule is CC(C)(C)OC(=O)N1CC(O)C(F)C1.CC(C)(C)OC(=O)N1CC(O)C(F)C1. The maximum atomic E-state index is 12.9.